The third-order valence-corrected chi connectivity index (χ3v) is 2.55. The first-order valence-electron chi connectivity index (χ1n) is 5.23. The van der Waals surface area contributed by atoms with Crippen molar-refractivity contribution in [1.82, 2.24) is 4.98 Å². The number of anilines is 1. The minimum absolute atomic E-state index is 0.214. The largest absolute Gasteiger partial charge is 0.306 e. The van der Waals surface area contributed by atoms with E-state index in [0.717, 1.165) is 0 Å². The van der Waals surface area contributed by atoms with Crippen LogP contribution in [0.4, 0.5) is 5.82 Å². The molecule has 2 aromatic rings. The molecule has 4 nitrogen and oxygen atoms in total. The van der Waals surface area contributed by atoms with Crippen LogP contribution < -0.4 is 5.32 Å². The molecule has 0 bridgehead atoms. The maximum atomic E-state index is 11.9. The highest BCUT2D eigenvalue weighted by Gasteiger charge is 2.12. The van der Waals surface area contributed by atoms with Gasteiger partial charge in [-0.05, 0) is 24.3 Å². The Morgan fingerprint density at radius 2 is 1.78 bits per heavy atom. The van der Waals surface area contributed by atoms with E-state index in [0.29, 0.717) is 5.56 Å². The second kappa shape index (κ2) is 5.46. The summed E-state index contributed by atoms with van der Waals surface area (Å²) < 4.78 is 0. The molecule has 2 rings (SSSR count). The van der Waals surface area contributed by atoms with Crippen molar-refractivity contribution >= 4 is 29.5 Å². The van der Waals surface area contributed by atoms with Gasteiger partial charge in [-0.3, -0.25) is 9.59 Å². The molecule has 0 saturated heterocycles. The molecule has 0 fully saturated rings. The molecular formula is C13H10N2O2S. The molecule has 1 N–H and O–H groups in total. The average molecular weight is 258 g/mol. The van der Waals surface area contributed by atoms with Crippen molar-refractivity contribution < 1.29 is 9.59 Å². The predicted molar refractivity (Wildman–Crippen MR) is 71.9 cm³/mol. The highest BCUT2D eigenvalue weighted by atomic mass is 32.1. The quantitative estimate of drug-likeness (QED) is 0.831. The van der Waals surface area contributed by atoms with E-state index in [2.05, 4.69) is 22.9 Å². The van der Waals surface area contributed by atoms with Crippen molar-refractivity contribution in [2.45, 2.75) is 0 Å². The van der Waals surface area contributed by atoms with Crippen molar-refractivity contribution in [3.05, 3.63) is 59.8 Å². The molecule has 0 spiro atoms. The zero-order valence-electron chi connectivity index (χ0n) is 9.33. The summed E-state index contributed by atoms with van der Waals surface area (Å²) in [5.74, 6) is -0.100. The van der Waals surface area contributed by atoms with Gasteiger partial charge in [0.05, 0.1) is 5.56 Å². The van der Waals surface area contributed by atoms with Crippen LogP contribution in [0.1, 0.15) is 20.7 Å². The predicted octanol–water partition coefficient (Wildman–Crippen LogP) is 2.40. The maximum Gasteiger partial charge on any atom is 0.256 e. The van der Waals surface area contributed by atoms with E-state index in [4.69, 9.17) is 0 Å². The molecule has 1 aromatic carbocycles. The SMILES string of the molecule is O=C(Nc1ncccc1C(=O)S)c1ccccc1. The van der Waals surface area contributed by atoms with E-state index in [1.54, 1.807) is 36.4 Å². The standard InChI is InChI=1S/C13H10N2O2S/c16-12(9-5-2-1-3-6-9)15-11-10(13(17)18)7-4-8-14-11/h1-8H,(H,17,18)(H,14,15,16). The number of nitrogens with one attached hydrogen (secondary N) is 1. The van der Waals surface area contributed by atoms with Crippen LogP contribution in [0, 0.1) is 0 Å². The molecule has 1 amide bonds. The van der Waals surface area contributed by atoms with E-state index >= 15 is 0 Å². The van der Waals surface area contributed by atoms with Crippen molar-refractivity contribution in [1.29, 1.82) is 0 Å². The molecule has 90 valence electrons. The van der Waals surface area contributed by atoms with Crippen LogP contribution in [0.2, 0.25) is 0 Å². The van der Waals surface area contributed by atoms with Gasteiger partial charge in [0.15, 0.2) is 0 Å². The fourth-order valence-corrected chi connectivity index (χ4v) is 1.63. The molecule has 0 saturated carbocycles. The average Bonchev–Trinajstić information content (AvgIpc) is 2.40. The van der Waals surface area contributed by atoms with Crippen LogP contribution in [0.25, 0.3) is 0 Å². The number of pyridine rings is 1. The van der Waals surface area contributed by atoms with Gasteiger partial charge in [-0.15, -0.1) is 12.6 Å². The number of nitrogens with zero attached hydrogens (tertiary/aromatic N) is 1. The number of hydrogen-bond acceptors (Lipinski definition) is 3. The Hall–Kier alpha value is -2.14. The smallest absolute Gasteiger partial charge is 0.256 e. The highest BCUT2D eigenvalue weighted by Crippen LogP contribution is 2.14. The van der Waals surface area contributed by atoms with E-state index in [9.17, 15) is 9.59 Å². The third kappa shape index (κ3) is 2.75. The van der Waals surface area contributed by atoms with Gasteiger partial charge in [0.2, 0.25) is 5.12 Å². The van der Waals surface area contributed by atoms with E-state index < -0.39 is 5.12 Å². The summed E-state index contributed by atoms with van der Waals surface area (Å²) >= 11 is 3.74. The zero-order valence-corrected chi connectivity index (χ0v) is 10.2. The molecule has 0 aliphatic heterocycles. The number of rotatable bonds is 3. The van der Waals surface area contributed by atoms with Crippen LogP contribution in [-0.2, 0) is 0 Å². The molecule has 0 aliphatic carbocycles. The molecule has 0 unspecified atom stereocenters. The number of benzene rings is 1. The molecule has 0 atom stereocenters. The zero-order chi connectivity index (χ0) is 13.0. The lowest BCUT2D eigenvalue weighted by molar-refractivity contribution is 0.102. The molecule has 0 aliphatic rings. The van der Waals surface area contributed by atoms with Crippen molar-refractivity contribution in [3.63, 3.8) is 0 Å². The van der Waals surface area contributed by atoms with Crippen LogP contribution in [-0.4, -0.2) is 16.0 Å². The minimum Gasteiger partial charge on any atom is -0.306 e. The Bertz CT molecular complexity index is 585. The van der Waals surface area contributed by atoms with E-state index in [1.165, 1.54) is 6.20 Å². The number of thiol groups is 1. The number of carbonyl (C=O) groups is 2. The second-order valence-corrected chi connectivity index (χ2v) is 3.93. The molecule has 5 heteroatoms. The number of amides is 1. The van der Waals surface area contributed by atoms with Crippen LogP contribution in [0.3, 0.4) is 0 Å². The van der Waals surface area contributed by atoms with E-state index in [-0.39, 0.29) is 17.3 Å². The Morgan fingerprint density at radius 3 is 2.44 bits per heavy atom. The lowest BCUT2D eigenvalue weighted by Crippen LogP contribution is -2.15. The van der Waals surface area contributed by atoms with Crippen molar-refractivity contribution in [2.24, 2.45) is 0 Å². The first-order valence-corrected chi connectivity index (χ1v) is 5.68. The molecular weight excluding hydrogens is 248 g/mol. The second-order valence-electron chi connectivity index (χ2n) is 3.52. The van der Waals surface area contributed by atoms with Crippen molar-refractivity contribution in [3.8, 4) is 0 Å². The Kier molecular flexibility index (Phi) is 3.74. The lowest BCUT2D eigenvalue weighted by Gasteiger charge is -2.07. The van der Waals surface area contributed by atoms with Gasteiger partial charge < -0.3 is 5.32 Å². The number of hydrogen-bond donors (Lipinski definition) is 2. The summed E-state index contributed by atoms with van der Waals surface area (Å²) in [6.45, 7) is 0. The molecule has 1 heterocycles. The summed E-state index contributed by atoms with van der Waals surface area (Å²) in [5.41, 5.74) is 0.769. The fourth-order valence-electron chi connectivity index (χ4n) is 1.45. The van der Waals surface area contributed by atoms with Crippen LogP contribution in [0.5, 0.6) is 0 Å². The fraction of sp³-hybridized carbons (Fsp3) is 0. The normalized spacial score (nSPS) is 9.83. The maximum absolute atomic E-state index is 11.9. The number of carbonyl (C=O) groups excluding carboxylic acids is 2. The minimum atomic E-state index is -0.438. The van der Waals surface area contributed by atoms with Gasteiger partial charge in [-0.2, -0.15) is 0 Å². The van der Waals surface area contributed by atoms with Crippen LogP contribution >= 0.6 is 12.6 Å². The van der Waals surface area contributed by atoms with Gasteiger partial charge in [0.1, 0.15) is 5.82 Å². The van der Waals surface area contributed by atoms with Crippen molar-refractivity contribution in [2.75, 3.05) is 5.32 Å². The summed E-state index contributed by atoms with van der Waals surface area (Å²) in [7, 11) is 0. The summed E-state index contributed by atoms with van der Waals surface area (Å²) in [6.07, 6.45) is 1.50. The van der Waals surface area contributed by atoms with Gasteiger partial charge in [-0.1, -0.05) is 18.2 Å². The first kappa shape index (κ1) is 12.3. The third-order valence-electron chi connectivity index (χ3n) is 2.31. The molecule has 0 radical (unpaired) electrons. The highest BCUT2D eigenvalue weighted by molar-refractivity contribution is 7.97. The monoisotopic (exact) mass is 258 g/mol. The molecule has 18 heavy (non-hydrogen) atoms. The van der Waals surface area contributed by atoms with Gasteiger partial charge in [-0.25, -0.2) is 4.98 Å². The van der Waals surface area contributed by atoms with Gasteiger partial charge in [0, 0.05) is 11.8 Å². The lowest BCUT2D eigenvalue weighted by atomic mass is 10.2. The van der Waals surface area contributed by atoms with Crippen LogP contribution in [0.15, 0.2) is 48.7 Å². The Morgan fingerprint density at radius 1 is 1.06 bits per heavy atom. The summed E-state index contributed by atoms with van der Waals surface area (Å²) in [4.78, 5) is 27.1. The van der Waals surface area contributed by atoms with E-state index in [1.807, 2.05) is 6.07 Å². The summed E-state index contributed by atoms with van der Waals surface area (Å²) in [6, 6.07) is 11.9. The van der Waals surface area contributed by atoms with Gasteiger partial charge >= 0.3 is 0 Å². The summed E-state index contributed by atoms with van der Waals surface area (Å²) in [5, 5.41) is 2.15. The Labute approximate surface area is 109 Å². The number of aromatic nitrogens is 1. The topological polar surface area (TPSA) is 59.1 Å². The molecule has 1 aromatic heterocycles. The van der Waals surface area contributed by atoms with Gasteiger partial charge in [0.25, 0.3) is 5.91 Å². The Balaban J connectivity index is 2.25. The first-order chi connectivity index (χ1) is 8.68.